The summed E-state index contributed by atoms with van der Waals surface area (Å²) in [5.74, 6) is 0.497. The SMILES string of the molecule is COCc1cc2n[nH]c(=O)n2c(-c2cccnc2)n1. The van der Waals surface area contributed by atoms with Crippen LogP contribution in [0.4, 0.5) is 0 Å². The molecule has 96 valence electrons. The first-order chi connectivity index (χ1) is 9.29. The molecule has 0 aromatic carbocycles. The van der Waals surface area contributed by atoms with E-state index >= 15 is 0 Å². The lowest BCUT2D eigenvalue weighted by atomic mass is 10.2. The van der Waals surface area contributed by atoms with E-state index in [-0.39, 0.29) is 5.69 Å². The molecule has 0 aliphatic rings. The van der Waals surface area contributed by atoms with Gasteiger partial charge in [0.2, 0.25) is 0 Å². The summed E-state index contributed by atoms with van der Waals surface area (Å²) >= 11 is 0. The van der Waals surface area contributed by atoms with Crippen molar-refractivity contribution in [3.8, 4) is 11.4 Å². The highest BCUT2D eigenvalue weighted by Crippen LogP contribution is 2.16. The van der Waals surface area contributed by atoms with Crippen molar-refractivity contribution in [3.05, 3.63) is 46.8 Å². The number of hydrogen-bond donors (Lipinski definition) is 1. The van der Waals surface area contributed by atoms with E-state index in [9.17, 15) is 4.79 Å². The van der Waals surface area contributed by atoms with Gasteiger partial charge in [-0.25, -0.2) is 19.3 Å². The molecule has 0 bridgehead atoms. The summed E-state index contributed by atoms with van der Waals surface area (Å²) in [5, 5.41) is 6.37. The van der Waals surface area contributed by atoms with Crippen molar-refractivity contribution in [2.75, 3.05) is 7.11 Å². The van der Waals surface area contributed by atoms with Gasteiger partial charge in [0, 0.05) is 31.1 Å². The van der Waals surface area contributed by atoms with Gasteiger partial charge in [-0.1, -0.05) is 0 Å². The minimum atomic E-state index is -0.328. The second-order valence-electron chi connectivity index (χ2n) is 3.97. The van der Waals surface area contributed by atoms with Crippen LogP contribution < -0.4 is 5.69 Å². The summed E-state index contributed by atoms with van der Waals surface area (Å²) in [6.07, 6.45) is 3.32. The van der Waals surface area contributed by atoms with E-state index in [1.165, 1.54) is 4.40 Å². The fourth-order valence-electron chi connectivity index (χ4n) is 1.89. The molecule has 0 radical (unpaired) electrons. The zero-order valence-electron chi connectivity index (χ0n) is 10.2. The van der Waals surface area contributed by atoms with Crippen molar-refractivity contribution in [2.24, 2.45) is 0 Å². The van der Waals surface area contributed by atoms with Gasteiger partial charge in [-0.05, 0) is 12.1 Å². The molecule has 3 heterocycles. The molecule has 0 fully saturated rings. The van der Waals surface area contributed by atoms with Crippen LogP contribution in [0.15, 0.2) is 35.4 Å². The molecule has 3 aromatic heterocycles. The Morgan fingerprint density at radius 1 is 1.47 bits per heavy atom. The fraction of sp³-hybridized carbons (Fsp3) is 0.167. The first-order valence-electron chi connectivity index (χ1n) is 5.66. The minimum Gasteiger partial charge on any atom is -0.378 e. The zero-order chi connectivity index (χ0) is 13.2. The molecule has 0 atom stereocenters. The van der Waals surface area contributed by atoms with E-state index in [1.54, 1.807) is 31.6 Å². The highest BCUT2D eigenvalue weighted by molar-refractivity contribution is 5.58. The van der Waals surface area contributed by atoms with E-state index in [0.717, 1.165) is 5.56 Å². The second kappa shape index (κ2) is 4.62. The molecule has 3 aromatic rings. The third kappa shape index (κ3) is 2.00. The van der Waals surface area contributed by atoms with Crippen LogP contribution in [-0.4, -0.2) is 31.7 Å². The standard InChI is InChI=1S/C12H11N5O2/c1-19-7-9-5-10-15-16-12(18)17(10)11(14-9)8-3-2-4-13-6-8/h2-6H,7H2,1H3,(H,16,18). The van der Waals surface area contributed by atoms with Crippen LogP contribution in [-0.2, 0) is 11.3 Å². The van der Waals surface area contributed by atoms with E-state index in [4.69, 9.17) is 4.74 Å². The summed E-state index contributed by atoms with van der Waals surface area (Å²) in [7, 11) is 1.59. The van der Waals surface area contributed by atoms with Crippen molar-refractivity contribution >= 4 is 5.65 Å². The van der Waals surface area contributed by atoms with Gasteiger partial charge in [0.15, 0.2) is 11.5 Å². The number of ether oxygens (including phenoxy) is 1. The lowest BCUT2D eigenvalue weighted by Gasteiger charge is -2.06. The van der Waals surface area contributed by atoms with Crippen molar-refractivity contribution in [1.29, 1.82) is 0 Å². The summed E-state index contributed by atoms with van der Waals surface area (Å²) in [6, 6.07) is 5.34. The molecule has 3 rings (SSSR count). The molecular weight excluding hydrogens is 246 g/mol. The van der Waals surface area contributed by atoms with E-state index in [1.807, 2.05) is 6.07 Å². The average Bonchev–Trinajstić information content (AvgIpc) is 2.81. The number of aromatic amines is 1. The Labute approximate surface area is 107 Å². The predicted octanol–water partition coefficient (Wildman–Crippen LogP) is 0.626. The number of fused-ring (bicyclic) bond motifs is 1. The van der Waals surface area contributed by atoms with Crippen LogP contribution >= 0.6 is 0 Å². The van der Waals surface area contributed by atoms with Gasteiger partial charge in [-0.15, -0.1) is 0 Å². The Balaban J connectivity index is 2.31. The van der Waals surface area contributed by atoms with Gasteiger partial charge in [0.05, 0.1) is 12.3 Å². The molecule has 1 N–H and O–H groups in total. The maximum atomic E-state index is 11.8. The van der Waals surface area contributed by atoms with Crippen LogP contribution in [0.2, 0.25) is 0 Å². The van der Waals surface area contributed by atoms with Crippen molar-refractivity contribution < 1.29 is 4.74 Å². The molecule has 0 spiro atoms. The van der Waals surface area contributed by atoms with E-state index in [2.05, 4.69) is 20.2 Å². The van der Waals surface area contributed by atoms with Crippen LogP contribution in [0, 0.1) is 0 Å². The quantitative estimate of drug-likeness (QED) is 0.743. The van der Waals surface area contributed by atoms with Gasteiger partial charge in [-0.2, -0.15) is 5.10 Å². The van der Waals surface area contributed by atoms with Gasteiger partial charge < -0.3 is 4.74 Å². The van der Waals surface area contributed by atoms with Gasteiger partial charge >= 0.3 is 5.69 Å². The number of rotatable bonds is 3. The maximum Gasteiger partial charge on any atom is 0.349 e. The Bertz CT molecular complexity index is 763. The first-order valence-corrected chi connectivity index (χ1v) is 5.66. The largest absolute Gasteiger partial charge is 0.378 e. The fourth-order valence-corrected chi connectivity index (χ4v) is 1.89. The number of nitrogens with zero attached hydrogens (tertiary/aromatic N) is 4. The monoisotopic (exact) mass is 257 g/mol. The number of methoxy groups -OCH3 is 1. The summed E-state index contributed by atoms with van der Waals surface area (Å²) in [4.78, 5) is 20.3. The van der Waals surface area contributed by atoms with Crippen molar-refractivity contribution in [1.82, 2.24) is 24.6 Å². The highest BCUT2D eigenvalue weighted by atomic mass is 16.5. The average molecular weight is 257 g/mol. The predicted molar refractivity (Wildman–Crippen MR) is 67.6 cm³/mol. The van der Waals surface area contributed by atoms with Gasteiger partial charge in [0.1, 0.15) is 0 Å². The van der Waals surface area contributed by atoms with Crippen LogP contribution in [0.25, 0.3) is 17.0 Å². The van der Waals surface area contributed by atoms with Crippen LogP contribution in [0.1, 0.15) is 5.69 Å². The Kier molecular flexibility index (Phi) is 2.81. The number of pyridine rings is 1. The summed E-state index contributed by atoms with van der Waals surface area (Å²) in [6.45, 7) is 0.352. The third-order valence-electron chi connectivity index (χ3n) is 2.67. The summed E-state index contributed by atoms with van der Waals surface area (Å²) in [5.41, 5.74) is 1.62. The molecule has 0 aliphatic heterocycles. The molecule has 19 heavy (non-hydrogen) atoms. The van der Waals surface area contributed by atoms with Crippen molar-refractivity contribution in [2.45, 2.75) is 6.61 Å². The Hall–Kier alpha value is -2.54. The zero-order valence-corrected chi connectivity index (χ0v) is 10.2. The Morgan fingerprint density at radius 3 is 3.11 bits per heavy atom. The molecule has 7 heteroatoms. The molecule has 0 saturated heterocycles. The summed E-state index contributed by atoms with van der Waals surface area (Å²) < 4.78 is 6.48. The number of H-pyrrole nitrogens is 1. The molecule has 0 unspecified atom stereocenters. The lowest BCUT2D eigenvalue weighted by molar-refractivity contribution is 0.181. The Morgan fingerprint density at radius 2 is 2.37 bits per heavy atom. The van der Waals surface area contributed by atoms with Crippen LogP contribution in [0.5, 0.6) is 0 Å². The third-order valence-corrected chi connectivity index (χ3v) is 2.67. The molecule has 7 nitrogen and oxygen atoms in total. The number of hydrogen-bond acceptors (Lipinski definition) is 5. The van der Waals surface area contributed by atoms with Gasteiger partial charge in [-0.3, -0.25) is 4.98 Å². The molecule has 0 aliphatic carbocycles. The second-order valence-corrected chi connectivity index (χ2v) is 3.97. The van der Waals surface area contributed by atoms with E-state index < -0.39 is 0 Å². The number of nitrogens with one attached hydrogen (secondary N) is 1. The maximum absolute atomic E-state index is 11.8. The number of aromatic nitrogens is 5. The normalized spacial score (nSPS) is 11.0. The van der Waals surface area contributed by atoms with Gasteiger partial charge in [0.25, 0.3) is 0 Å². The lowest BCUT2D eigenvalue weighted by Crippen LogP contribution is -2.14. The molecular formula is C12H11N5O2. The topological polar surface area (TPSA) is 85.2 Å². The molecule has 0 saturated carbocycles. The highest BCUT2D eigenvalue weighted by Gasteiger charge is 2.12. The van der Waals surface area contributed by atoms with E-state index in [0.29, 0.717) is 23.8 Å². The molecule has 0 amide bonds. The smallest absolute Gasteiger partial charge is 0.349 e. The van der Waals surface area contributed by atoms with Crippen molar-refractivity contribution in [3.63, 3.8) is 0 Å². The van der Waals surface area contributed by atoms with Crippen LogP contribution in [0.3, 0.4) is 0 Å². The minimum absolute atomic E-state index is 0.328. The first kappa shape index (κ1) is 11.5.